The van der Waals surface area contributed by atoms with Gasteiger partial charge in [0.15, 0.2) is 0 Å². The van der Waals surface area contributed by atoms with Crippen molar-refractivity contribution in [3.8, 4) is 0 Å². The van der Waals surface area contributed by atoms with Gasteiger partial charge in [-0.25, -0.2) is 0 Å². The summed E-state index contributed by atoms with van der Waals surface area (Å²) in [6, 6.07) is 5.13. The molecule has 0 saturated carbocycles. The molecule has 0 aliphatic carbocycles. The number of ether oxygens (including phenoxy) is 1. The number of amides is 2. The molecule has 0 spiro atoms. The van der Waals surface area contributed by atoms with Crippen molar-refractivity contribution in [3.63, 3.8) is 0 Å². The van der Waals surface area contributed by atoms with Crippen LogP contribution < -0.4 is 10.6 Å². The van der Waals surface area contributed by atoms with Gasteiger partial charge in [-0.15, -0.1) is 0 Å². The lowest BCUT2D eigenvalue weighted by atomic mass is 10.0. The summed E-state index contributed by atoms with van der Waals surface area (Å²) >= 11 is 0. The normalized spacial score (nSPS) is 16.5. The molecule has 2 amide bonds. The van der Waals surface area contributed by atoms with Crippen LogP contribution in [0.3, 0.4) is 0 Å². The molecular weight excluding hydrogens is 351 g/mol. The number of alkyl halides is 3. The second-order valence-electron chi connectivity index (χ2n) is 6.18. The van der Waals surface area contributed by atoms with Crippen LogP contribution in [0.5, 0.6) is 0 Å². The number of carbonyl (C=O) groups excluding carboxylic acids is 2. The van der Waals surface area contributed by atoms with Gasteiger partial charge in [-0.3, -0.25) is 9.59 Å². The Balaban J connectivity index is 2.00. The third-order valence-electron chi connectivity index (χ3n) is 4.29. The quantitative estimate of drug-likeness (QED) is 0.820. The van der Waals surface area contributed by atoms with Gasteiger partial charge in [-0.2, -0.15) is 13.2 Å². The number of halogens is 3. The number of primary amides is 1. The predicted molar refractivity (Wildman–Crippen MR) is 89.4 cm³/mol. The monoisotopic (exact) mass is 373 g/mol. The van der Waals surface area contributed by atoms with E-state index in [0.29, 0.717) is 31.9 Å². The summed E-state index contributed by atoms with van der Waals surface area (Å²) in [6.45, 7) is 1.62. The minimum absolute atomic E-state index is 0.0929. The van der Waals surface area contributed by atoms with E-state index in [9.17, 15) is 22.8 Å². The topological polar surface area (TPSA) is 75.9 Å². The first kappa shape index (κ1) is 20.0. The van der Waals surface area contributed by atoms with Crippen LogP contribution in [0.2, 0.25) is 0 Å². The first-order valence-electron chi connectivity index (χ1n) is 8.20. The van der Waals surface area contributed by atoms with E-state index >= 15 is 0 Å². The number of hydrogen-bond acceptors (Lipinski definition) is 4. The van der Waals surface area contributed by atoms with Gasteiger partial charge >= 0.3 is 6.18 Å². The Morgan fingerprint density at radius 3 is 2.42 bits per heavy atom. The van der Waals surface area contributed by atoms with E-state index in [0.717, 1.165) is 12.1 Å². The largest absolute Gasteiger partial charge is 0.416 e. The molecule has 1 aromatic carbocycles. The zero-order chi connectivity index (χ0) is 19.3. The minimum atomic E-state index is -4.39. The van der Waals surface area contributed by atoms with Gasteiger partial charge in [0.1, 0.15) is 0 Å². The molecule has 1 unspecified atom stereocenters. The van der Waals surface area contributed by atoms with E-state index in [-0.39, 0.29) is 18.9 Å². The van der Waals surface area contributed by atoms with Crippen molar-refractivity contribution in [2.75, 3.05) is 44.8 Å². The van der Waals surface area contributed by atoms with E-state index in [1.165, 1.54) is 13.2 Å². The molecule has 1 aromatic rings. The molecule has 0 bridgehead atoms. The number of benzene rings is 1. The van der Waals surface area contributed by atoms with Crippen molar-refractivity contribution in [2.24, 2.45) is 11.7 Å². The van der Waals surface area contributed by atoms with Gasteiger partial charge in [0.2, 0.25) is 11.8 Å². The molecule has 1 aliphatic heterocycles. The van der Waals surface area contributed by atoms with Gasteiger partial charge in [0, 0.05) is 45.4 Å². The number of methoxy groups -OCH3 is 1. The molecular formula is C17H22F3N3O3. The molecule has 9 heteroatoms. The first-order chi connectivity index (χ1) is 12.2. The SMILES string of the molecule is COCC(CC(N)=O)C(=O)N1CCN(c2cccc(C(F)(F)F)c2)CC1. The Kier molecular flexibility index (Phi) is 6.47. The van der Waals surface area contributed by atoms with Crippen LogP contribution in [-0.2, 0) is 20.5 Å². The van der Waals surface area contributed by atoms with Crippen LogP contribution in [0.4, 0.5) is 18.9 Å². The smallest absolute Gasteiger partial charge is 0.384 e. The maximum Gasteiger partial charge on any atom is 0.416 e. The van der Waals surface area contributed by atoms with Crippen LogP contribution in [0.1, 0.15) is 12.0 Å². The summed E-state index contributed by atoms with van der Waals surface area (Å²) < 4.78 is 43.5. The summed E-state index contributed by atoms with van der Waals surface area (Å²) in [6.07, 6.45) is -4.49. The van der Waals surface area contributed by atoms with E-state index in [1.54, 1.807) is 15.9 Å². The van der Waals surface area contributed by atoms with E-state index < -0.39 is 23.6 Å². The number of rotatable bonds is 6. The highest BCUT2D eigenvalue weighted by Gasteiger charge is 2.32. The fourth-order valence-corrected chi connectivity index (χ4v) is 2.98. The summed E-state index contributed by atoms with van der Waals surface area (Å²) in [5.41, 5.74) is 4.94. The molecule has 1 saturated heterocycles. The molecule has 144 valence electrons. The highest BCUT2D eigenvalue weighted by molar-refractivity contribution is 5.85. The van der Waals surface area contributed by atoms with Crippen LogP contribution in [0.15, 0.2) is 24.3 Å². The molecule has 2 rings (SSSR count). The Hall–Kier alpha value is -2.29. The second kappa shape index (κ2) is 8.39. The maximum absolute atomic E-state index is 12.8. The van der Waals surface area contributed by atoms with Crippen molar-refractivity contribution in [2.45, 2.75) is 12.6 Å². The Bertz CT molecular complexity index is 644. The van der Waals surface area contributed by atoms with Crippen molar-refractivity contribution < 1.29 is 27.5 Å². The standard InChI is InChI=1S/C17H22F3N3O3/c1-26-11-12(9-15(21)24)16(25)23-7-5-22(6-8-23)14-4-2-3-13(10-14)17(18,19)20/h2-4,10,12H,5-9,11H2,1H3,(H2,21,24). The fourth-order valence-electron chi connectivity index (χ4n) is 2.98. The molecule has 1 aliphatic rings. The number of carbonyl (C=O) groups is 2. The van der Waals surface area contributed by atoms with Crippen LogP contribution in [-0.4, -0.2) is 56.6 Å². The minimum Gasteiger partial charge on any atom is -0.384 e. The molecule has 1 fully saturated rings. The molecule has 1 heterocycles. The summed E-state index contributed by atoms with van der Waals surface area (Å²) in [7, 11) is 1.44. The number of nitrogens with two attached hydrogens (primary N) is 1. The van der Waals surface area contributed by atoms with E-state index in [1.807, 2.05) is 0 Å². The lowest BCUT2D eigenvalue weighted by molar-refractivity contribution is -0.140. The van der Waals surface area contributed by atoms with Gasteiger partial charge in [0.05, 0.1) is 18.1 Å². The Labute approximate surface area is 149 Å². The molecule has 0 aromatic heterocycles. The molecule has 26 heavy (non-hydrogen) atoms. The summed E-state index contributed by atoms with van der Waals surface area (Å²) in [4.78, 5) is 27.0. The number of anilines is 1. The third-order valence-corrected chi connectivity index (χ3v) is 4.29. The Morgan fingerprint density at radius 1 is 1.23 bits per heavy atom. The predicted octanol–water partition coefficient (Wildman–Crippen LogP) is 1.49. The van der Waals surface area contributed by atoms with E-state index in [2.05, 4.69) is 0 Å². The Morgan fingerprint density at radius 2 is 1.88 bits per heavy atom. The van der Waals surface area contributed by atoms with Gasteiger partial charge < -0.3 is 20.3 Å². The van der Waals surface area contributed by atoms with Crippen molar-refractivity contribution in [3.05, 3.63) is 29.8 Å². The fraction of sp³-hybridized carbons (Fsp3) is 0.529. The van der Waals surface area contributed by atoms with Crippen LogP contribution >= 0.6 is 0 Å². The first-order valence-corrected chi connectivity index (χ1v) is 8.20. The zero-order valence-electron chi connectivity index (χ0n) is 14.5. The van der Waals surface area contributed by atoms with Crippen LogP contribution in [0.25, 0.3) is 0 Å². The maximum atomic E-state index is 12.8. The second-order valence-corrected chi connectivity index (χ2v) is 6.18. The number of nitrogens with zero attached hydrogens (tertiary/aromatic N) is 2. The lowest BCUT2D eigenvalue weighted by Gasteiger charge is -2.37. The van der Waals surface area contributed by atoms with E-state index in [4.69, 9.17) is 10.5 Å². The van der Waals surface area contributed by atoms with Crippen LogP contribution in [0, 0.1) is 5.92 Å². The molecule has 1 atom stereocenters. The van der Waals surface area contributed by atoms with Crippen molar-refractivity contribution >= 4 is 17.5 Å². The van der Waals surface area contributed by atoms with Gasteiger partial charge in [-0.1, -0.05) is 6.07 Å². The summed E-state index contributed by atoms with van der Waals surface area (Å²) in [5.74, 6) is -1.45. The highest BCUT2D eigenvalue weighted by Crippen LogP contribution is 2.31. The highest BCUT2D eigenvalue weighted by atomic mass is 19.4. The summed E-state index contributed by atoms with van der Waals surface area (Å²) in [5, 5.41) is 0. The van der Waals surface area contributed by atoms with Gasteiger partial charge in [-0.05, 0) is 18.2 Å². The van der Waals surface area contributed by atoms with Gasteiger partial charge in [0.25, 0.3) is 0 Å². The molecule has 6 nitrogen and oxygen atoms in total. The number of piperazine rings is 1. The molecule has 2 N–H and O–H groups in total. The zero-order valence-corrected chi connectivity index (χ0v) is 14.5. The molecule has 0 radical (unpaired) electrons. The average Bonchev–Trinajstić information content (AvgIpc) is 2.60. The number of hydrogen-bond donors (Lipinski definition) is 1. The van der Waals surface area contributed by atoms with Crippen molar-refractivity contribution in [1.29, 1.82) is 0 Å². The third kappa shape index (κ3) is 5.10. The average molecular weight is 373 g/mol. The van der Waals surface area contributed by atoms with Crippen molar-refractivity contribution in [1.82, 2.24) is 4.90 Å². The lowest BCUT2D eigenvalue weighted by Crippen LogP contribution is -2.51.